The molecule has 0 unspecified atom stereocenters. The SMILES string of the molecule is COC(=O)c1ccc(C=C(C#N)C(=O)Nc2cccc(C(F)(F)F)c2)cc1. The van der Waals surface area contributed by atoms with Crippen molar-refractivity contribution in [1.82, 2.24) is 0 Å². The largest absolute Gasteiger partial charge is 0.465 e. The van der Waals surface area contributed by atoms with Crippen LogP contribution in [0.25, 0.3) is 6.08 Å². The molecule has 27 heavy (non-hydrogen) atoms. The number of hydrogen-bond acceptors (Lipinski definition) is 4. The van der Waals surface area contributed by atoms with E-state index in [1.165, 1.54) is 43.5 Å². The Labute approximate surface area is 152 Å². The molecule has 0 saturated heterocycles. The van der Waals surface area contributed by atoms with Gasteiger partial charge in [-0.05, 0) is 42.0 Å². The van der Waals surface area contributed by atoms with Crippen LogP contribution in [-0.4, -0.2) is 19.0 Å². The molecule has 0 atom stereocenters. The third-order valence-electron chi connectivity index (χ3n) is 3.46. The molecule has 0 aliphatic heterocycles. The maximum absolute atomic E-state index is 12.7. The molecule has 0 fully saturated rings. The molecule has 1 N–H and O–H groups in total. The summed E-state index contributed by atoms with van der Waals surface area (Å²) < 4.78 is 42.7. The maximum atomic E-state index is 12.7. The van der Waals surface area contributed by atoms with Crippen molar-refractivity contribution in [2.24, 2.45) is 0 Å². The Balaban J connectivity index is 2.20. The average molecular weight is 374 g/mol. The van der Waals surface area contributed by atoms with Crippen LogP contribution in [0, 0.1) is 11.3 Å². The number of ether oxygens (including phenoxy) is 1. The number of nitrogens with zero attached hydrogens (tertiary/aromatic N) is 1. The molecule has 0 spiro atoms. The number of benzene rings is 2. The van der Waals surface area contributed by atoms with Crippen molar-refractivity contribution in [1.29, 1.82) is 5.26 Å². The average Bonchev–Trinajstić information content (AvgIpc) is 2.65. The number of anilines is 1. The van der Waals surface area contributed by atoms with Gasteiger partial charge >= 0.3 is 12.1 Å². The number of rotatable bonds is 4. The molecule has 0 bridgehead atoms. The van der Waals surface area contributed by atoms with Crippen molar-refractivity contribution in [3.8, 4) is 6.07 Å². The van der Waals surface area contributed by atoms with E-state index in [1.807, 2.05) is 0 Å². The van der Waals surface area contributed by atoms with E-state index in [2.05, 4.69) is 10.1 Å². The van der Waals surface area contributed by atoms with Crippen molar-refractivity contribution in [3.63, 3.8) is 0 Å². The second-order valence-electron chi connectivity index (χ2n) is 5.32. The van der Waals surface area contributed by atoms with Gasteiger partial charge in [-0.25, -0.2) is 4.79 Å². The second-order valence-corrected chi connectivity index (χ2v) is 5.32. The van der Waals surface area contributed by atoms with Gasteiger partial charge in [0.1, 0.15) is 11.6 Å². The van der Waals surface area contributed by atoms with Crippen LogP contribution in [0.4, 0.5) is 18.9 Å². The molecule has 2 rings (SSSR count). The third kappa shape index (κ3) is 5.19. The summed E-state index contributed by atoms with van der Waals surface area (Å²) in [6, 6.07) is 11.7. The summed E-state index contributed by atoms with van der Waals surface area (Å²) >= 11 is 0. The van der Waals surface area contributed by atoms with Crippen molar-refractivity contribution in [2.45, 2.75) is 6.18 Å². The van der Waals surface area contributed by atoms with Crippen molar-refractivity contribution < 1.29 is 27.5 Å². The molecular formula is C19H13F3N2O3. The molecule has 0 aliphatic rings. The summed E-state index contributed by atoms with van der Waals surface area (Å²) in [5.74, 6) is -1.39. The van der Waals surface area contributed by atoms with Gasteiger partial charge < -0.3 is 10.1 Å². The third-order valence-corrected chi connectivity index (χ3v) is 3.46. The quantitative estimate of drug-likeness (QED) is 0.498. The zero-order valence-corrected chi connectivity index (χ0v) is 14.0. The van der Waals surface area contributed by atoms with Gasteiger partial charge in [-0.3, -0.25) is 4.79 Å². The minimum atomic E-state index is -4.55. The summed E-state index contributed by atoms with van der Waals surface area (Å²) in [4.78, 5) is 23.6. The molecule has 1 amide bonds. The van der Waals surface area contributed by atoms with Crippen molar-refractivity contribution >= 4 is 23.6 Å². The molecule has 0 saturated carbocycles. The van der Waals surface area contributed by atoms with Crippen LogP contribution in [0.2, 0.25) is 0 Å². The highest BCUT2D eigenvalue weighted by atomic mass is 19.4. The second kappa shape index (κ2) is 8.19. The van der Waals surface area contributed by atoms with Gasteiger partial charge in [0.25, 0.3) is 5.91 Å². The molecule has 0 heterocycles. The highest BCUT2D eigenvalue weighted by Crippen LogP contribution is 2.30. The molecule has 2 aromatic rings. The number of carbonyl (C=O) groups is 2. The normalized spacial score (nSPS) is 11.4. The number of hydrogen-bond donors (Lipinski definition) is 1. The lowest BCUT2D eigenvalue weighted by Crippen LogP contribution is -2.14. The molecular weight excluding hydrogens is 361 g/mol. The molecule has 138 valence electrons. The fourth-order valence-electron chi connectivity index (χ4n) is 2.12. The van der Waals surface area contributed by atoms with Crippen LogP contribution >= 0.6 is 0 Å². The van der Waals surface area contributed by atoms with E-state index >= 15 is 0 Å². The van der Waals surface area contributed by atoms with Crippen molar-refractivity contribution in [2.75, 3.05) is 12.4 Å². The van der Waals surface area contributed by atoms with E-state index in [9.17, 15) is 22.8 Å². The molecule has 8 heteroatoms. The zero-order chi connectivity index (χ0) is 20.0. The Morgan fingerprint density at radius 2 is 1.81 bits per heavy atom. The topological polar surface area (TPSA) is 79.2 Å². The lowest BCUT2D eigenvalue weighted by molar-refractivity contribution is -0.137. The molecule has 2 aromatic carbocycles. The van der Waals surface area contributed by atoms with Crippen LogP contribution in [0.3, 0.4) is 0 Å². The Morgan fingerprint density at radius 3 is 2.37 bits per heavy atom. The number of amides is 1. The molecule has 0 radical (unpaired) electrons. The first-order chi connectivity index (χ1) is 12.7. The van der Waals surface area contributed by atoms with Gasteiger partial charge in [0.2, 0.25) is 0 Å². The Bertz CT molecular complexity index is 926. The Kier molecular flexibility index (Phi) is 5.98. The maximum Gasteiger partial charge on any atom is 0.416 e. The number of nitriles is 1. The number of carbonyl (C=O) groups excluding carboxylic acids is 2. The first kappa shape index (κ1) is 19.7. The van der Waals surface area contributed by atoms with Gasteiger partial charge in [0.15, 0.2) is 0 Å². The van der Waals surface area contributed by atoms with E-state index in [0.29, 0.717) is 11.1 Å². The Hall–Kier alpha value is -3.60. The van der Waals surface area contributed by atoms with Crippen LogP contribution in [0.5, 0.6) is 0 Å². The molecule has 5 nitrogen and oxygen atoms in total. The van der Waals surface area contributed by atoms with E-state index in [-0.39, 0.29) is 11.3 Å². The predicted octanol–water partition coefficient (Wildman–Crippen LogP) is 4.04. The van der Waals surface area contributed by atoms with E-state index in [1.54, 1.807) is 6.07 Å². The van der Waals surface area contributed by atoms with Crippen LogP contribution < -0.4 is 5.32 Å². The monoisotopic (exact) mass is 374 g/mol. The predicted molar refractivity (Wildman–Crippen MR) is 91.4 cm³/mol. The van der Waals surface area contributed by atoms with Gasteiger partial charge in [0, 0.05) is 5.69 Å². The van der Waals surface area contributed by atoms with Crippen LogP contribution in [-0.2, 0) is 15.7 Å². The summed E-state index contributed by atoms with van der Waals surface area (Å²) in [5.41, 5.74) is -0.559. The van der Waals surface area contributed by atoms with E-state index < -0.39 is 23.6 Å². The number of methoxy groups -OCH3 is 1. The van der Waals surface area contributed by atoms with Gasteiger partial charge in [0.05, 0.1) is 18.2 Å². The summed E-state index contributed by atoms with van der Waals surface area (Å²) in [6.45, 7) is 0. The van der Waals surface area contributed by atoms with E-state index in [0.717, 1.165) is 18.2 Å². The van der Waals surface area contributed by atoms with Crippen LogP contribution in [0.1, 0.15) is 21.5 Å². The highest BCUT2D eigenvalue weighted by Gasteiger charge is 2.30. The van der Waals surface area contributed by atoms with E-state index in [4.69, 9.17) is 5.26 Å². The molecule has 0 aliphatic carbocycles. The summed E-state index contributed by atoms with van der Waals surface area (Å²) in [7, 11) is 1.24. The van der Waals surface area contributed by atoms with Gasteiger partial charge in [-0.1, -0.05) is 18.2 Å². The van der Waals surface area contributed by atoms with Gasteiger partial charge in [-0.2, -0.15) is 18.4 Å². The number of alkyl halides is 3. The standard InChI is InChI=1S/C19H13F3N2O3/c1-27-18(26)13-7-5-12(6-8-13)9-14(11-23)17(25)24-16-4-2-3-15(10-16)19(20,21)22/h2-10H,1H3,(H,24,25). The number of halogens is 3. The number of esters is 1. The number of nitrogens with one attached hydrogen (secondary N) is 1. The van der Waals surface area contributed by atoms with Crippen LogP contribution in [0.15, 0.2) is 54.1 Å². The smallest absolute Gasteiger partial charge is 0.416 e. The first-order valence-corrected chi connectivity index (χ1v) is 7.53. The lowest BCUT2D eigenvalue weighted by Gasteiger charge is -2.09. The zero-order valence-electron chi connectivity index (χ0n) is 14.0. The summed E-state index contributed by atoms with van der Waals surface area (Å²) in [6.07, 6.45) is -3.29. The molecule has 0 aromatic heterocycles. The lowest BCUT2D eigenvalue weighted by atomic mass is 10.1. The van der Waals surface area contributed by atoms with Crippen molar-refractivity contribution in [3.05, 3.63) is 70.8 Å². The first-order valence-electron chi connectivity index (χ1n) is 7.53. The minimum absolute atomic E-state index is 0.0861. The Morgan fingerprint density at radius 1 is 1.15 bits per heavy atom. The highest BCUT2D eigenvalue weighted by molar-refractivity contribution is 6.09. The summed E-state index contributed by atoms with van der Waals surface area (Å²) in [5, 5.41) is 11.4. The fraction of sp³-hybridized carbons (Fsp3) is 0.105. The fourth-order valence-corrected chi connectivity index (χ4v) is 2.12. The van der Waals surface area contributed by atoms with Gasteiger partial charge in [-0.15, -0.1) is 0 Å². The minimum Gasteiger partial charge on any atom is -0.465 e.